The fourth-order valence-electron chi connectivity index (χ4n) is 3.75. The molecule has 0 spiro atoms. The number of nitrogens with zero attached hydrogens (tertiary/aromatic N) is 2. The fraction of sp³-hybridized carbons (Fsp3) is 0.524. The average Bonchev–Trinajstić information content (AvgIpc) is 3.53. The highest BCUT2D eigenvalue weighted by Crippen LogP contribution is 2.43. The third kappa shape index (κ3) is 4.13. The zero-order chi connectivity index (χ0) is 22.0. The Kier molecular flexibility index (Phi) is 6.62. The molecule has 1 unspecified atom stereocenters. The molecule has 164 valence electrons. The van der Waals surface area contributed by atoms with Crippen LogP contribution in [0.5, 0.6) is 5.75 Å². The monoisotopic (exact) mass is 421 g/mol. The summed E-state index contributed by atoms with van der Waals surface area (Å²) < 4.78 is 27.9. The Labute approximate surface area is 174 Å². The smallest absolute Gasteiger partial charge is 0.341 e. The molecule has 1 aromatic heterocycles. The maximum Gasteiger partial charge on any atom is 0.341 e. The first-order chi connectivity index (χ1) is 14.3. The van der Waals surface area contributed by atoms with Gasteiger partial charge in [-0.15, -0.1) is 0 Å². The largest absolute Gasteiger partial charge is 0.492 e. The quantitative estimate of drug-likeness (QED) is 0.782. The number of morpholine rings is 1. The number of ether oxygens (including phenoxy) is 2. The molecular weight excluding hydrogens is 393 g/mol. The molecule has 2 fully saturated rings. The number of aromatic nitrogens is 1. The predicted octanol–water partition coefficient (Wildman–Crippen LogP) is 2.24. The van der Waals surface area contributed by atoms with Crippen LogP contribution in [0.25, 0.3) is 10.9 Å². The minimum atomic E-state index is -1.32. The van der Waals surface area contributed by atoms with Crippen molar-refractivity contribution >= 4 is 22.6 Å². The van der Waals surface area contributed by atoms with Crippen molar-refractivity contribution in [3.63, 3.8) is 0 Å². The molecule has 2 N–H and O–H groups in total. The minimum Gasteiger partial charge on any atom is -0.492 e. The van der Waals surface area contributed by atoms with Crippen molar-refractivity contribution in [2.24, 2.45) is 0 Å². The number of benzene rings is 1. The summed E-state index contributed by atoms with van der Waals surface area (Å²) in [6.07, 6.45) is 3.05. The summed E-state index contributed by atoms with van der Waals surface area (Å²) in [5.74, 6) is -1.66. The molecule has 1 atom stereocenters. The zero-order valence-electron chi connectivity index (χ0n) is 17.7. The van der Waals surface area contributed by atoms with Gasteiger partial charge in [-0.1, -0.05) is 0 Å². The highest BCUT2D eigenvalue weighted by molar-refractivity contribution is 5.97. The molecule has 8 nitrogen and oxygen atoms in total. The van der Waals surface area contributed by atoms with Gasteiger partial charge < -0.3 is 29.4 Å². The Balaban J connectivity index is 0.000000806. The van der Waals surface area contributed by atoms with E-state index in [2.05, 4.69) is 5.32 Å². The van der Waals surface area contributed by atoms with E-state index < -0.39 is 17.2 Å². The number of nitrogens with one attached hydrogen (secondary N) is 1. The van der Waals surface area contributed by atoms with Crippen LogP contribution < -0.4 is 20.4 Å². The lowest BCUT2D eigenvalue weighted by molar-refractivity contribution is 0.0528. The zero-order valence-corrected chi connectivity index (χ0v) is 17.7. The van der Waals surface area contributed by atoms with Gasteiger partial charge in [-0.25, -0.2) is 9.18 Å². The Morgan fingerprint density at radius 1 is 1.37 bits per heavy atom. The minimum absolute atomic E-state index is 0.0289. The molecule has 2 heterocycles. The standard InChI is InChI=1S/C19H21FN2O5.C2H7N/c1-10-8-21(5-6-27-10)16-14(20)7-12-15(18(16)26-2)22(11-3-4-11)9-13(17(12)23)19(24)25;1-3-2/h7,9-11H,3-6,8H2,1-2H3,(H,24,25);3H,1-2H3. The number of hydrogen-bond acceptors (Lipinski definition) is 6. The van der Waals surface area contributed by atoms with Crippen molar-refractivity contribution in [1.82, 2.24) is 9.88 Å². The first-order valence-corrected chi connectivity index (χ1v) is 9.97. The molecule has 1 saturated carbocycles. The Bertz CT molecular complexity index is 1000. The number of rotatable bonds is 4. The molecule has 0 radical (unpaired) electrons. The number of aromatic carboxylic acids is 1. The summed E-state index contributed by atoms with van der Waals surface area (Å²) in [6, 6.07) is 1.23. The number of anilines is 1. The van der Waals surface area contributed by atoms with Gasteiger partial charge in [0.2, 0.25) is 5.43 Å². The summed E-state index contributed by atoms with van der Waals surface area (Å²) in [4.78, 5) is 26.0. The van der Waals surface area contributed by atoms with E-state index in [0.717, 1.165) is 18.9 Å². The first kappa shape index (κ1) is 22.0. The molecule has 2 aliphatic rings. The second-order valence-corrected chi connectivity index (χ2v) is 7.58. The molecule has 1 saturated heterocycles. The average molecular weight is 421 g/mol. The van der Waals surface area contributed by atoms with E-state index in [1.165, 1.54) is 13.3 Å². The van der Waals surface area contributed by atoms with Gasteiger partial charge in [0.25, 0.3) is 0 Å². The van der Waals surface area contributed by atoms with Crippen LogP contribution in [0.15, 0.2) is 17.1 Å². The van der Waals surface area contributed by atoms with Crippen LogP contribution in [0.1, 0.15) is 36.2 Å². The lowest BCUT2D eigenvalue weighted by Crippen LogP contribution is -2.41. The predicted molar refractivity (Wildman–Crippen MR) is 113 cm³/mol. The third-order valence-electron chi connectivity index (χ3n) is 5.13. The van der Waals surface area contributed by atoms with Crippen LogP contribution in [0.2, 0.25) is 0 Å². The van der Waals surface area contributed by atoms with Crippen molar-refractivity contribution in [2.45, 2.75) is 31.9 Å². The van der Waals surface area contributed by atoms with Crippen molar-refractivity contribution < 1.29 is 23.8 Å². The van der Waals surface area contributed by atoms with E-state index in [9.17, 15) is 14.7 Å². The van der Waals surface area contributed by atoms with E-state index >= 15 is 4.39 Å². The summed E-state index contributed by atoms with van der Waals surface area (Å²) in [5.41, 5.74) is -0.320. The van der Waals surface area contributed by atoms with Gasteiger partial charge in [0.05, 0.1) is 30.7 Å². The number of carboxylic acid groups (broad SMARTS) is 1. The van der Waals surface area contributed by atoms with Crippen molar-refractivity contribution in [1.29, 1.82) is 0 Å². The Morgan fingerprint density at radius 2 is 2.03 bits per heavy atom. The van der Waals surface area contributed by atoms with Crippen LogP contribution in [0.3, 0.4) is 0 Å². The van der Waals surface area contributed by atoms with Crippen LogP contribution in [-0.4, -0.2) is 62.6 Å². The van der Waals surface area contributed by atoms with E-state index in [1.54, 1.807) is 4.57 Å². The second-order valence-electron chi connectivity index (χ2n) is 7.58. The van der Waals surface area contributed by atoms with Crippen LogP contribution in [0.4, 0.5) is 10.1 Å². The molecule has 0 amide bonds. The summed E-state index contributed by atoms with van der Waals surface area (Å²) in [7, 11) is 5.19. The number of methoxy groups -OCH3 is 1. The van der Waals surface area contributed by atoms with Crippen LogP contribution >= 0.6 is 0 Å². The number of pyridine rings is 1. The van der Waals surface area contributed by atoms with Gasteiger partial charge in [0, 0.05) is 25.3 Å². The van der Waals surface area contributed by atoms with Gasteiger partial charge >= 0.3 is 5.97 Å². The van der Waals surface area contributed by atoms with Gasteiger partial charge in [-0.3, -0.25) is 4.79 Å². The molecule has 1 aliphatic carbocycles. The molecule has 9 heteroatoms. The Hall–Kier alpha value is -2.65. The molecular formula is C21H28FN3O5. The maximum absolute atomic E-state index is 15.1. The number of hydrogen-bond donors (Lipinski definition) is 2. The summed E-state index contributed by atoms with van der Waals surface area (Å²) in [6.45, 7) is 3.38. The lowest BCUT2D eigenvalue weighted by Gasteiger charge is -2.34. The highest BCUT2D eigenvalue weighted by atomic mass is 19.1. The summed E-state index contributed by atoms with van der Waals surface area (Å²) in [5, 5.41) is 12.2. The number of carboxylic acids is 1. The summed E-state index contributed by atoms with van der Waals surface area (Å²) >= 11 is 0. The number of halogens is 1. The van der Waals surface area contributed by atoms with Crippen molar-refractivity contribution in [3.05, 3.63) is 33.9 Å². The number of fused-ring (bicyclic) bond motifs is 1. The van der Waals surface area contributed by atoms with E-state index in [-0.39, 0.29) is 34.5 Å². The molecule has 30 heavy (non-hydrogen) atoms. The highest BCUT2D eigenvalue weighted by Gasteiger charge is 2.32. The van der Waals surface area contributed by atoms with Gasteiger partial charge in [-0.2, -0.15) is 0 Å². The van der Waals surface area contributed by atoms with E-state index in [0.29, 0.717) is 25.2 Å². The molecule has 1 aromatic carbocycles. The fourth-order valence-corrected chi connectivity index (χ4v) is 3.75. The van der Waals surface area contributed by atoms with Crippen LogP contribution in [0, 0.1) is 5.82 Å². The third-order valence-corrected chi connectivity index (χ3v) is 5.13. The lowest BCUT2D eigenvalue weighted by atomic mass is 10.1. The SMILES string of the molecule is CNC.COc1c(N2CCOC(C)C2)c(F)cc2c(=O)c(C(=O)O)cn(C3CC3)c12. The maximum atomic E-state index is 15.1. The normalized spacial score (nSPS) is 18.7. The topological polar surface area (TPSA) is 93.0 Å². The second kappa shape index (κ2) is 9.01. The number of carbonyl (C=O) groups is 1. The molecule has 2 aromatic rings. The van der Waals surface area contributed by atoms with E-state index in [1.807, 2.05) is 25.9 Å². The Morgan fingerprint density at radius 3 is 2.57 bits per heavy atom. The van der Waals surface area contributed by atoms with Gasteiger partial charge in [0.1, 0.15) is 11.3 Å². The molecule has 0 bridgehead atoms. The van der Waals surface area contributed by atoms with Gasteiger partial charge in [0.15, 0.2) is 11.6 Å². The van der Waals surface area contributed by atoms with E-state index in [4.69, 9.17) is 9.47 Å². The van der Waals surface area contributed by atoms with Gasteiger partial charge in [-0.05, 0) is 39.9 Å². The van der Waals surface area contributed by atoms with Crippen molar-refractivity contribution in [2.75, 3.05) is 45.8 Å². The molecule has 1 aliphatic heterocycles. The first-order valence-electron chi connectivity index (χ1n) is 9.97. The molecule has 4 rings (SSSR count). The van der Waals surface area contributed by atoms with Crippen LogP contribution in [-0.2, 0) is 4.74 Å². The van der Waals surface area contributed by atoms with Crippen molar-refractivity contribution in [3.8, 4) is 5.75 Å².